The third-order valence-corrected chi connectivity index (χ3v) is 4.31. The Kier molecular flexibility index (Phi) is 5.48. The van der Waals surface area contributed by atoms with E-state index < -0.39 is 0 Å². The summed E-state index contributed by atoms with van der Waals surface area (Å²) >= 11 is 5.96. The van der Waals surface area contributed by atoms with Crippen LogP contribution in [0.1, 0.15) is 35.4 Å². The van der Waals surface area contributed by atoms with Gasteiger partial charge in [-0.2, -0.15) is 4.98 Å². The molecule has 6 nitrogen and oxygen atoms in total. The first kappa shape index (κ1) is 16.9. The highest BCUT2D eigenvalue weighted by Gasteiger charge is 2.23. The first-order valence-electron chi connectivity index (χ1n) is 8.24. The molecule has 1 fully saturated rings. The number of piperazine rings is 1. The van der Waals surface area contributed by atoms with Crippen LogP contribution < -0.4 is 0 Å². The molecule has 2 heterocycles. The van der Waals surface area contributed by atoms with Gasteiger partial charge >= 0.3 is 0 Å². The first-order chi connectivity index (χ1) is 11.7. The summed E-state index contributed by atoms with van der Waals surface area (Å²) < 4.78 is 5.28. The molecule has 0 saturated carbocycles. The van der Waals surface area contributed by atoms with E-state index in [1.807, 2.05) is 4.90 Å². The highest BCUT2D eigenvalue weighted by molar-refractivity contribution is 6.30. The van der Waals surface area contributed by atoms with Gasteiger partial charge in [-0.1, -0.05) is 29.7 Å². The van der Waals surface area contributed by atoms with Crippen molar-refractivity contribution >= 4 is 17.5 Å². The molecule has 0 N–H and O–H groups in total. The minimum Gasteiger partial charge on any atom is -0.338 e. The summed E-state index contributed by atoms with van der Waals surface area (Å²) in [5.74, 6) is 1.44. The number of hydrogen-bond donors (Lipinski definition) is 0. The van der Waals surface area contributed by atoms with Crippen molar-refractivity contribution in [2.75, 3.05) is 26.2 Å². The van der Waals surface area contributed by atoms with Crippen molar-refractivity contribution in [3.8, 4) is 0 Å². The molecule has 0 atom stereocenters. The Bertz CT molecular complexity index is 695. The zero-order chi connectivity index (χ0) is 16.9. The summed E-state index contributed by atoms with van der Waals surface area (Å²) in [5, 5.41) is 4.55. The zero-order valence-corrected chi connectivity index (χ0v) is 14.5. The molecule has 0 bridgehead atoms. The third kappa shape index (κ3) is 4.13. The van der Waals surface area contributed by atoms with Gasteiger partial charge < -0.3 is 9.42 Å². The van der Waals surface area contributed by atoms with Crippen molar-refractivity contribution in [3.05, 3.63) is 46.6 Å². The molecule has 3 rings (SSSR count). The third-order valence-electron chi connectivity index (χ3n) is 4.07. The van der Waals surface area contributed by atoms with Gasteiger partial charge in [0.25, 0.3) is 5.91 Å². The quantitative estimate of drug-likeness (QED) is 0.831. The van der Waals surface area contributed by atoms with Crippen molar-refractivity contribution < 1.29 is 9.32 Å². The predicted octanol–water partition coefficient (Wildman–Crippen LogP) is 2.63. The van der Waals surface area contributed by atoms with Crippen LogP contribution in [-0.2, 0) is 13.0 Å². The SMILES string of the molecule is CCCc1noc(CN2CCN(C(=O)c3cccc(Cl)c3)CC2)n1. The summed E-state index contributed by atoms with van der Waals surface area (Å²) in [6, 6.07) is 7.08. The fraction of sp³-hybridized carbons (Fsp3) is 0.471. The molecule has 1 aromatic heterocycles. The van der Waals surface area contributed by atoms with Crippen LogP contribution in [0.2, 0.25) is 5.02 Å². The number of aryl methyl sites for hydroxylation is 1. The van der Waals surface area contributed by atoms with Gasteiger partial charge in [0, 0.05) is 43.2 Å². The van der Waals surface area contributed by atoms with E-state index in [9.17, 15) is 4.79 Å². The monoisotopic (exact) mass is 348 g/mol. The Balaban J connectivity index is 1.52. The van der Waals surface area contributed by atoms with E-state index in [0.717, 1.165) is 31.8 Å². The number of aromatic nitrogens is 2. The molecule has 2 aromatic rings. The summed E-state index contributed by atoms with van der Waals surface area (Å²) in [6.07, 6.45) is 1.84. The lowest BCUT2D eigenvalue weighted by atomic mass is 10.2. The molecular weight excluding hydrogens is 328 g/mol. The van der Waals surface area contributed by atoms with Gasteiger partial charge in [0.05, 0.1) is 6.54 Å². The van der Waals surface area contributed by atoms with Gasteiger partial charge in [-0.05, 0) is 24.6 Å². The molecule has 0 unspecified atom stereocenters. The Morgan fingerprint density at radius 3 is 2.79 bits per heavy atom. The first-order valence-corrected chi connectivity index (χ1v) is 8.62. The minimum atomic E-state index is 0.0279. The largest absolute Gasteiger partial charge is 0.338 e. The van der Waals surface area contributed by atoms with Crippen molar-refractivity contribution in [3.63, 3.8) is 0 Å². The summed E-state index contributed by atoms with van der Waals surface area (Å²) in [4.78, 5) is 21.0. The van der Waals surface area contributed by atoms with Crippen LogP contribution in [0, 0.1) is 0 Å². The molecule has 7 heteroatoms. The number of carbonyl (C=O) groups excluding carboxylic acids is 1. The van der Waals surface area contributed by atoms with Gasteiger partial charge in [0.2, 0.25) is 5.89 Å². The van der Waals surface area contributed by atoms with E-state index in [-0.39, 0.29) is 5.91 Å². The maximum atomic E-state index is 12.5. The lowest BCUT2D eigenvalue weighted by molar-refractivity contribution is 0.0615. The van der Waals surface area contributed by atoms with Crippen LogP contribution in [0.25, 0.3) is 0 Å². The summed E-state index contributed by atoms with van der Waals surface area (Å²) in [6.45, 7) is 5.67. The molecule has 1 aromatic carbocycles. The van der Waals surface area contributed by atoms with Crippen LogP contribution in [0.3, 0.4) is 0 Å². The van der Waals surface area contributed by atoms with Crippen LogP contribution in [0.4, 0.5) is 0 Å². The van der Waals surface area contributed by atoms with E-state index in [1.54, 1.807) is 24.3 Å². The van der Waals surface area contributed by atoms with Gasteiger partial charge in [-0.15, -0.1) is 0 Å². The standard InChI is InChI=1S/C17H21ClN4O2/c1-2-4-15-19-16(24-20-15)12-21-7-9-22(10-8-21)17(23)13-5-3-6-14(18)11-13/h3,5-6,11H,2,4,7-10,12H2,1H3. The van der Waals surface area contributed by atoms with E-state index in [2.05, 4.69) is 22.0 Å². The Labute approximate surface area is 146 Å². The van der Waals surface area contributed by atoms with Crippen molar-refractivity contribution in [1.82, 2.24) is 19.9 Å². The molecule has 0 radical (unpaired) electrons. The average Bonchev–Trinajstić information content (AvgIpc) is 3.02. The smallest absolute Gasteiger partial charge is 0.253 e. The maximum absolute atomic E-state index is 12.5. The highest BCUT2D eigenvalue weighted by Crippen LogP contribution is 2.15. The fourth-order valence-corrected chi connectivity index (χ4v) is 2.97. The molecule has 1 amide bonds. The second-order valence-corrected chi connectivity index (χ2v) is 6.37. The number of hydrogen-bond acceptors (Lipinski definition) is 5. The lowest BCUT2D eigenvalue weighted by Crippen LogP contribution is -2.48. The van der Waals surface area contributed by atoms with Crippen molar-refractivity contribution in [1.29, 1.82) is 0 Å². The second kappa shape index (κ2) is 7.77. The van der Waals surface area contributed by atoms with E-state index in [4.69, 9.17) is 16.1 Å². The van der Waals surface area contributed by atoms with E-state index in [1.165, 1.54) is 0 Å². The number of benzene rings is 1. The normalized spacial score (nSPS) is 15.7. The number of halogens is 1. The van der Waals surface area contributed by atoms with Gasteiger partial charge in [-0.25, -0.2) is 0 Å². The number of nitrogens with zero attached hydrogens (tertiary/aromatic N) is 4. The maximum Gasteiger partial charge on any atom is 0.253 e. The Morgan fingerprint density at radius 2 is 2.08 bits per heavy atom. The number of amides is 1. The summed E-state index contributed by atoms with van der Waals surface area (Å²) in [5.41, 5.74) is 0.636. The van der Waals surface area contributed by atoms with Crippen LogP contribution >= 0.6 is 11.6 Å². The minimum absolute atomic E-state index is 0.0279. The van der Waals surface area contributed by atoms with Crippen LogP contribution in [-0.4, -0.2) is 52.0 Å². The van der Waals surface area contributed by atoms with Gasteiger partial charge in [0.1, 0.15) is 0 Å². The Morgan fingerprint density at radius 1 is 1.29 bits per heavy atom. The number of carbonyl (C=O) groups is 1. The van der Waals surface area contributed by atoms with Crippen LogP contribution in [0.5, 0.6) is 0 Å². The molecule has 24 heavy (non-hydrogen) atoms. The molecule has 1 aliphatic rings. The molecule has 1 aliphatic heterocycles. The summed E-state index contributed by atoms with van der Waals surface area (Å²) in [7, 11) is 0. The average molecular weight is 349 g/mol. The molecule has 128 valence electrons. The predicted molar refractivity (Wildman–Crippen MR) is 90.9 cm³/mol. The number of rotatable bonds is 5. The van der Waals surface area contributed by atoms with Gasteiger partial charge in [-0.3, -0.25) is 9.69 Å². The van der Waals surface area contributed by atoms with Crippen molar-refractivity contribution in [2.45, 2.75) is 26.3 Å². The molecule has 0 spiro atoms. The molecule has 1 saturated heterocycles. The topological polar surface area (TPSA) is 62.5 Å². The molecule has 0 aliphatic carbocycles. The van der Waals surface area contributed by atoms with Crippen LogP contribution in [0.15, 0.2) is 28.8 Å². The van der Waals surface area contributed by atoms with E-state index in [0.29, 0.717) is 36.1 Å². The lowest BCUT2D eigenvalue weighted by Gasteiger charge is -2.34. The fourth-order valence-electron chi connectivity index (χ4n) is 2.78. The van der Waals surface area contributed by atoms with Crippen molar-refractivity contribution in [2.24, 2.45) is 0 Å². The Hall–Kier alpha value is -1.92. The molecular formula is C17H21ClN4O2. The highest BCUT2D eigenvalue weighted by atomic mass is 35.5. The zero-order valence-electron chi connectivity index (χ0n) is 13.7. The second-order valence-electron chi connectivity index (χ2n) is 5.93. The van der Waals surface area contributed by atoms with E-state index >= 15 is 0 Å². The van der Waals surface area contributed by atoms with Gasteiger partial charge in [0.15, 0.2) is 5.82 Å².